The average Bonchev–Trinajstić information content (AvgIpc) is 2.83. The van der Waals surface area contributed by atoms with Crippen molar-refractivity contribution in [2.75, 3.05) is 7.11 Å². The second-order valence-corrected chi connectivity index (χ2v) is 3.59. The van der Waals surface area contributed by atoms with Gasteiger partial charge in [0.05, 0.1) is 18.8 Å². The molecule has 6 nitrogen and oxygen atoms in total. The van der Waals surface area contributed by atoms with Crippen LogP contribution in [-0.2, 0) is 9.53 Å². The highest BCUT2D eigenvalue weighted by atomic mass is 16.5. The van der Waals surface area contributed by atoms with Crippen molar-refractivity contribution in [2.24, 2.45) is 0 Å². The molecule has 2 aromatic rings. The standard InChI is InChI=1S/C11H12N2O4/c1-17-11(16)10(15)9(14)7-4-2-3-6-5-12-13-8(6)7/h2-5,9-10,14-15H,1H3,(H,12,13). The fourth-order valence-electron chi connectivity index (χ4n) is 1.66. The lowest BCUT2D eigenvalue weighted by Crippen LogP contribution is -2.29. The first-order chi connectivity index (χ1) is 8.15. The van der Waals surface area contributed by atoms with Crippen LogP contribution in [0.2, 0.25) is 0 Å². The molecule has 1 heterocycles. The Kier molecular flexibility index (Phi) is 3.08. The van der Waals surface area contributed by atoms with Crippen molar-refractivity contribution >= 4 is 16.9 Å². The van der Waals surface area contributed by atoms with Gasteiger partial charge in [0, 0.05) is 10.9 Å². The Morgan fingerprint density at radius 3 is 2.94 bits per heavy atom. The molecule has 0 radical (unpaired) electrons. The number of ether oxygens (including phenoxy) is 1. The quantitative estimate of drug-likeness (QED) is 0.658. The summed E-state index contributed by atoms with van der Waals surface area (Å²) in [6.07, 6.45) is -1.38. The Hall–Kier alpha value is -1.92. The number of H-pyrrole nitrogens is 1. The normalized spacial score (nSPS) is 14.5. The molecule has 6 heteroatoms. The Balaban J connectivity index is 2.39. The third-order valence-corrected chi connectivity index (χ3v) is 2.57. The van der Waals surface area contributed by atoms with Crippen LogP contribution in [0.4, 0.5) is 0 Å². The van der Waals surface area contributed by atoms with Crippen molar-refractivity contribution < 1.29 is 19.7 Å². The number of carbonyl (C=O) groups is 1. The number of aromatic amines is 1. The first-order valence-electron chi connectivity index (χ1n) is 5.01. The van der Waals surface area contributed by atoms with E-state index in [2.05, 4.69) is 14.9 Å². The zero-order chi connectivity index (χ0) is 12.4. The molecule has 2 unspecified atom stereocenters. The first-order valence-corrected chi connectivity index (χ1v) is 5.01. The number of nitrogens with one attached hydrogen (secondary N) is 1. The lowest BCUT2D eigenvalue weighted by Gasteiger charge is -2.16. The van der Waals surface area contributed by atoms with Gasteiger partial charge in [-0.15, -0.1) is 0 Å². The number of carbonyl (C=O) groups excluding carboxylic acids is 1. The number of esters is 1. The van der Waals surface area contributed by atoms with Crippen LogP contribution < -0.4 is 0 Å². The second kappa shape index (κ2) is 4.52. The highest BCUT2D eigenvalue weighted by Gasteiger charge is 2.27. The second-order valence-electron chi connectivity index (χ2n) is 3.59. The number of benzene rings is 1. The first kappa shape index (κ1) is 11.6. The van der Waals surface area contributed by atoms with E-state index in [0.29, 0.717) is 11.1 Å². The van der Waals surface area contributed by atoms with Gasteiger partial charge in [-0.25, -0.2) is 4.79 Å². The molecule has 2 rings (SSSR count). The summed E-state index contributed by atoms with van der Waals surface area (Å²) in [4.78, 5) is 11.1. The van der Waals surface area contributed by atoms with Crippen LogP contribution in [0.1, 0.15) is 11.7 Å². The van der Waals surface area contributed by atoms with Gasteiger partial charge < -0.3 is 14.9 Å². The number of aromatic nitrogens is 2. The zero-order valence-corrected chi connectivity index (χ0v) is 9.12. The Morgan fingerprint density at radius 2 is 2.24 bits per heavy atom. The third kappa shape index (κ3) is 2.00. The summed E-state index contributed by atoms with van der Waals surface area (Å²) < 4.78 is 4.37. The summed E-state index contributed by atoms with van der Waals surface area (Å²) >= 11 is 0. The van der Waals surface area contributed by atoms with Crippen molar-refractivity contribution in [3.05, 3.63) is 30.0 Å². The van der Waals surface area contributed by atoms with E-state index in [9.17, 15) is 15.0 Å². The van der Waals surface area contributed by atoms with Gasteiger partial charge in [0.15, 0.2) is 6.10 Å². The zero-order valence-electron chi connectivity index (χ0n) is 9.12. The number of para-hydroxylation sites is 1. The molecule has 2 atom stereocenters. The predicted molar refractivity (Wildman–Crippen MR) is 59.1 cm³/mol. The van der Waals surface area contributed by atoms with Gasteiger partial charge in [-0.2, -0.15) is 5.10 Å². The van der Waals surface area contributed by atoms with E-state index in [1.54, 1.807) is 24.4 Å². The number of hydrogen-bond acceptors (Lipinski definition) is 5. The van der Waals surface area contributed by atoms with E-state index in [0.717, 1.165) is 12.5 Å². The van der Waals surface area contributed by atoms with Crippen molar-refractivity contribution in [3.63, 3.8) is 0 Å². The highest BCUT2D eigenvalue weighted by Crippen LogP contribution is 2.24. The van der Waals surface area contributed by atoms with E-state index in [-0.39, 0.29) is 0 Å². The van der Waals surface area contributed by atoms with Crippen molar-refractivity contribution in [1.29, 1.82) is 0 Å². The molecule has 0 amide bonds. The topological polar surface area (TPSA) is 95.4 Å². The molecular formula is C11H12N2O4. The van der Waals surface area contributed by atoms with Gasteiger partial charge >= 0.3 is 5.97 Å². The van der Waals surface area contributed by atoms with E-state index in [1.807, 2.05) is 0 Å². The van der Waals surface area contributed by atoms with Crippen LogP contribution in [0.5, 0.6) is 0 Å². The van der Waals surface area contributed by atoms with Gasteiger partial charge in [-0.1, -0.05) is 18.2 Å². The maximum absolute atomic E-state index is 11.1. The smallest absolute Gasteiger partial charge is 0.337 e. The van der Waals surface area contributed by atoms with E-state index in [1.165, 1.54) is 0 Å². The van der Waals surface area contributed by atoms with Gasteiger partial charge in [0.2, 0.25) is 0 Å². The maximum Gasteiger partial charge on any atom is 0.337 e. The monoisotopic (exact) mass is 236 g/mol. The van der Waals surface area contributed by atoms with Crippen molar-refractivity contribution in [2.45, 2.75) is 12.2 Å². The summed E-state index contributed by atoms with van der Waals surface area (Å²) in [7, 11) is 1.15. The average molecular weight is 236 g/mol. The minimum absolute atomic E-state index is 0.401. The maximum atomic E-state index is 11.1. The molecule has 0 saturated carbocycles. The lowest BCUT2D eigenvalue weighted by atomic mass is 10.0. The largest absolute Gasteiger partial charge is 0.467 e. The lowest BCUT2D eigenvalue weighted by molar-refractivity contribution is -0.156. The van der Waals surface area contributed by atoms with E-state index in [4.69, 9.17) is 0 Å². The number of fused-ring (bicyclic) bond motifs is 1. The third-order valence-electron chi connectivity index (χ3n) is 2.57. The molecule has 90 valence electrons. The summed E-state index contributed by atoms with van der Waals surface area (Å²) in [5.41, 5.74) is 0.987. The van der Waals surface area contributed by atoms with Crippen LogP contribution in [0.25, 0.3) is 10.9 Å². The van der Waals surface area contributed by atoms with Crippen LogP contribution in [0.15, 0.2) is 24.4 Å². The van der Waals surface area contributed by atoms with Crippen LogP contribution in [-0.4, -0.2) is 39.6 Å². The molecule has 0 spiro atoms. The molecule has 0 aliphatic heterocycles. The number of nitrogens with zero attached hydrogens (tertiary/aromatic N) is 1. The molecule has 17 heavy (non-hydrogen) atoms. The molecule has 0 fully saturated rings. The minimum Gasteiger partial charge on any atom is -0.467 e. The number of hydrogen-bond donors (Lipinski definition) is 3. The van der Waals surface area contributed by atoms with E-state index < -0.39 is 18.2 Å². The molecular weight excluding hydrogens is 224 g/mol. The fourth-order valence-corrected chi connectivity index (χ4v) is 1.66. The van der Waals surface area contributed by atoms with Crippen LogP contribution in [0, 0.1) is 0 Å². The van der Waals surface area contributed by atoms with Crippen LogP contribution >= 0.6 is 0 Å². The van der Waals surface area contributed by atoms with Crippen LogP contribution in [0.3, 0.4) is 0 Å². The molecule has 1 aromatic carbocycles. The number of aliphatic hydroxyl groups excluding tert-OH is 2. The SMILES string of the molecule is COC(=O)C(O)C(O)c1cccc2cn[nH]c12. The van der Waals surface area contributed by atoms with Crippen molar-refractivity contribution in [1.82, 2.24) is 10.2 Å². The number of rotatable bonds is 3. The van der Waals surface area contributed by atoms with Crippen molar-refractivity contribution in [3.8, 4) is 0 Å². The molecule has 3 N–H and O–H groups in total. The molecule has 1 aromatic heterocycles. The summed E-state index contributed by atoms with van der Waals surface area (Å²) in [6, 6.07) is 5.12. The molecule has 0 saturated heterocycles. The minimum atomic E-state index is -1.62. The van der Waals surface area contributed by atoms with E-state index >= 15 is 0 Å². The Labute approximate surface area is 96.8 Å². The number of methoxy groups -OCH3 is 1. The Bertz CT molecular complexity index is 537. The summed E-state index contributed by atoms with van der Waals surface area (Å²) in [6.45, 7) is 0. The summed E-state index contributed by atoms with van der Waals surface area (Å²) in [5, 5.41) is 26.8. The van der Waals surface area contributed by atoms with Gasteiger partial charge in [0.25, 0.3) is 0 Å². The fraction of sp³-hybridized carbons (Fsp3) is 0.273. The molecule has 0 aliphatic rings. The highest BCUT2D eigenvalue weighted by molar-refractivity contribution is 5.83. The van der Waals surface area contributed by atoms with Gasteiger partial charge in [-0.05, 0) is 0 Å². The predicted octanol–water partition coefficient (Wildman–Crippen LogP) is 0.130. The molecule has 0 aliphatic carbocycles. The van der Waals surface area contributed by atoms with Gasteiger partial charge in [0.1, 0.15) is 6.10 Å². The molecule has 0 bridgehead atoms. The van der Waals surface area contributed by atoms with Gasteiger partial charge in [-0.3, -0.25) is 5.10 Å². The number of aliphatic hydroxyl groups is 2. The summed E-state index contributed by atoms with van der Waals surface area (Å²) in [5.74, 6) is -0.881. The Morgan fingerprint density at radius 1 is 1.47 bits per heavy atom.